The first kappa shape index (κ1) is 26.5. The van der Waals surface area contributed by atoms with E-state index in [-0.39, 0.29) is 11.5 Å². The summed E-state index contributed by atoms with van der Waals surface area (Å²) in [7, 11) is 2.20. The van der Waals surface area contributed by atoms with Crippen LogP contribution in [0.3, 0.4) is 0 Å². The Bertz CT molecular complexity index is 1220. The highest BCUT2D eigenvalue weighted by molar-refractivity contribution is 5.47. The van der Waals surface area contributed by atoms with Crippen molar-refractivity contribution in [3.63, 3.8) is 0 Å². The molecule has 0 saturated carbocycles. The van der Waals surface area contributed by atoms with Crippen molar-refractivity contribution in [3.8, 4) is 11.5 Å². The van der Waals surface area contributed by atoms with E-state index in [1.54, 1.807) is 0 Å². The van der Waals surface area contributed by atoms with Gasteiger partial charge in [-0.3, -0.25) is 0 Å². The molecule has 0 N–H and O–H groups in total. The molecular formula is C34H39NO2. The Morgan fingerprint density at radius 3 is 1.78 bits per heavy atom. The molecule has 192 valence electrons. The van der Waals surface area contributed by atoms with Crippen molar-refractivity contribution in [1.82, 2.24) is 4.90 Å². The fraction of sp³-hybridized carbons (Fsp3) is 0.294. The Labute approximate surface area is 222 Å². The third kappa shape index (κ3) is 7.71. The van der Waals surface area contributed by atoms with Gasteiger partial charge in [0.1, 0.15) is 24.7 Å². The topological polar surface area (TPSA) is 21.7 Å². The number of benzene rings is 4. The molecule has 0 amide bonds. The van der Waals surface area contributed by atoms with Crippen molar-refractivity contribution in [2.24, 2.45) is 0 Å². The number of ether oxygens (including phenoxy) is 2. The van der Waals surface area contributed by atoms with Crippen LogP contribution in [-0.2, 0) is 13.2 Å². The summed E-state index contributed by atoms with van der Waals surface area (Å²) in [5, 5.41) is 0. The smallest absolute Gasteiger partial charge is 0.123 e. The molecule has 0 heterocycles. The van der Waals surface area contributed by atoms with Crippen LogP contribution in [-0.4, -0.2) is 24.0 Å². The van der Waals surface area contributed by atoms with E-state index in [2.05, 4.69) is 112 Å². The fourth-order valence-corrected chi connectivity index (χ4v) is 4.34. The first-order chi connectivity index (χ1) is 17.9. The molecule has 4 rings (SSSR count). The Kier molecular flexibility index (Phi) is 9.03. The van der Waals surface area contributed by atoms with Crippen molar-refractivity contribution in [2.75, 3.05) is 13.6 Å². The molecule has 4 aromatic carbocycles. The largest absolute Gasteiger partial charge is 0.489 e. The van der Waals surface area contributed by atoms with Gasteiger partial charge in [-0.1, -0.05) is 91.0 Å². The van der Waals surface area contributed by atoms with Crippen LogP contribution in [0.25, 0.3) is 0 Å². The maximum atomic E-state index is 6.45. The second-order valence-corrected chi connectivity index (χ2v) is 10.6. The van der Waals surface area contributed by atoms with Gasteiger partial charge in [-0.05, 0) is 75.7 Å². The lowest BCUT2D eigenvalue weighted by molar-refractivity contribution is 0.171. The molecule has 1 unspecified atom stereocenters. The minimum atomic E-state index is 0.106. The van der Waals surface area contributed by atoms with Crippen molar-refractivity contribution in [1.29, 1.82) is 0 Å². The molecule has 0 saturated heterocycles. The predicted octanol–water partition coefficient (Wildman–Crippen LogP) is 8.10. The lowest BCUT2D eigenvalue weighted by Crippen LogP contribution is -2.39. The lowest BCUT2D eigenvalue weighted by atomic mass is 9.87. The summed E-state index contributed by atoms with van der Waals surface area (Å²) < 4.78 is 12.7. The Hall–Kier alpha value is -3.56. The van der Waals surface area contributed by atoms with E-state index in [1.165, 1.54) is 5.56 Å². The van der Waals surface area contributed by atoms with Gasteiger partial charge in [0, 0.05) is 17.0 Å². The summed E-state index contributed by atoms with van der Waals surface area (Å²) in [6.45, 7) is 8.82. The van der Waals surface area contributed by atoms with Crippen LogP contribution < -0.4 is 9.47 Å². The number of rotatable bonds is 11. The number of hydrogen-bond donors (Lipinski definition) is 0. The maximum absolute atomic E-state index is 6.45. The van der Waals surface area contributed by atoms with Crippen LogP contribution in [0, 0.1) is 0 Å². The maximum Gasteiger partial charge on any atom is 0.123 e. The summed E-state index contributed by atoms with van der Waals surface area (Å²) >= 11 is 0. The number of nitrogens with zero attached hydrogens (tertiary/aromatic N) is 1. The lowest BCUT2D eigenvalue weighted by Gasteiger charge is -2.33. The zero-order chi connectivity index (χ0) is 26.1. The zero-order valence-corrected chi connectivity index (χ0v) is 22.6. The second-order valence-electron chi connectivity index (χ2n) is 10.6. The van der Waals surface area contributed by atoms with Gasteiger partial charge in [0.05, 0.1) is 0 Å². The van der Waals surface area contributed by atoms with Crippen molar-refractivity contribution in [3.05, 3.63) is 131 Å². The second kappa shape index (κ2) is 12.6. The quantitative estimate of drug-likeness (QED) is 0.211. The van der Waals surface area contributed by atoms with Crippen LogP contribution in [0.4, 0.5) is 0 Å². The molecule has 0 bridgehead atoms. The average Bonchev–Trinajstić information content (AvgIpc) is 2.92. The molecule has 4 aromatic rings. The molecule has 3 heteroatoms. The monoisotopic (exact) mass is 493 g/mol. The van der Waals surface area contributed by atoms with Crippen molar-refractivity contribution >= 4 is 0 Å². The van der Waals surface area contributed by atoms with Gasteiger partial charge in [-0.2, -0.15) is 0 Å². The molecule has 0 radical (unpaired) electrons. The van der Waals surface area contributed by atoms with Gasteiger partial charge in [0.25, 0.3) is 0 Å². The van der Waals surface area contributed by atoms with Gasteiger partial charge in [-0.25, -0.2) is 0 Å². The highest BCUT2D eigenvalue weighted by atomic mass is 16.5. The Morgan fingerprint density at radius 2 is 1.22 bits per heavy atom. The summed E-state index contributed by atoms with van der Waals surface area (Å²) in [5.41, 5.74) is 4.86. The van der Waals surface area contributed by atoms with E-state index < -0.39 is 0 Å². The van der Waals surface area contributed by atoms with E-state index in [9.17, 15) is 0 Å². The van der Waals surface area contributed by atoms with E-state index in [0.29, 0.717) is 13.2 Å². The van der Waals surface area contributed by atoms with Gasteiger partial charge in [0.2, 0.25) is 0 Å². The molecule has 0 aliphatic heterocycles. The van der Waals surface area contributed by atoms with E-state index in [0.717, 1.165) is 41.2 Å². The summed E-state index contributed by atoms with van der Waals surface area (Å²) in [5.74, 6) is 1.94. The van der Waals surface area contributed by atoms with Crippen LogP contribution >= 0.6 is 0 Å². The van der Waals surface area contributed by atoms with Gasteiger partial charge in [0.15, 0.2) is 0 Å². The molecule has 0 spiro atoms. The van der Waals surface area contributed by atoms with Gasteiger partial charge >= 0.3 is 0 Å². The highest BCUT2D eigenvalue weighted by Crippen LogP contribution is 2.38. The normalized spacial score (nSPS) is 12.4. The minimum Gasteiger partial charge on any atom is -0.489 e. The summed E-state index contributed by atoms with van der Waals surface area (Å²) in [6.07, 6.45) is 0.974. The first-order valence-electron chi connectivity index (χ1n) is 13.1. The third-order valence-electron chi connectivity index (χ3n) is 6.94. The van der Waals surface area contributed by atoms with Crippen LogP contribution in [0.2, 0.25) is 0 Å². The van der Waals surface area contributed by atoms with Gasteiger partial charge in [-0.15, -0.1) is 0 Å². The predicted molar refractivity (Wildman–Crippen MR) is 153 cm³/mol. The number of hydrogen-bond acceptors (Lipinski definition) is 3. The van der Waals surface area contributed by atoms with E-state index in [1.807, 2.05) is 30.3 Å². The third-order valence-corrected chi connectivity index (χ3v) is 6.94. The SMILES string of the molecule is CN(CCC(c1ccccc1)c1cc(OCc2ccccc2)ccc1OCc1ccccc1)C(C)(C)C. The molecule has 37 heavy (non-hydrogen) atoms. The van der Waals surface area contributed by atoms with Crippen molar-refractivity contribution in [2.45, 2.75) is 51.9 Å². The fourth-order valence-electron chi connectivity index (χ4n) is 4.34. The van der Waals surface area contributed by atoms with Crippen molar-refractivity contribution < 1.29 is 9.47 Å². The molecule has 0 aliphatic rings. The van der Waals surface area contributed by atoms with Crippen LogP contribution in [0.5, 0.6) is 11.5 Å². The molecule has 0 aliphatic carbocycles. The highest BCUT2D eigenvalue weighted by Gasteiger charge is 2.23. The first-order valence-corrected chi connectivity index (χ1v) is 13.1. The van der Waals surface area contributed by atoms with E-state index >= 15 is 0 Å². The average molecular weight is 494 g/mol. The minimum absolute atomic E-state index is 0.106. The molecule has 0 aromatic heterocycles. The molecular weight excluding hydrogens is 454 g/mol. The van der Waals surface area contributed by atoms with Crippen LogP contribution in [0.1, 0.15) is 55.4 Å². The Morgan fingerprint density at radius 1 is 0.676 bits per heavy atom. The standard InChI is InChI=1S/C34H39NO2/c1-34(2,3)35(4)23-22-31(29-18-12-7-13-19-29)32-24-30(36-25-27-14-8-5-9-15-27)20-21-33(32)37-26-28-16-10-6-11-17-28/h5-21,24,31H,22-23,25-26H2,1-4H3. The van der Waals surface area contributed by atoms with Crippen LogP contribution in [0.15, 0.2) is 109 Å². The molecule has 0 fully saturated rings. The Balaban J connectivity index is 1.66. The molecule has 3 nitrogen and oxygen atoms in total. The van der Waals surface area contributed by atoms with Gasteiger partial charge < -0.3 is 14.4 Å². The molecule has 1 atom stereocenters. The summed E-state index contributed by atoms with van der Waals surface area (Å²) in [6, 6.07) is 37.7. The summed E-state index contributed by atoms with van der Waals surface area (Å²) in [4.78, 5) is 2.42. The zero-order valence-electron chi connectivity index (χ0n) is 22.6. The van der Waals surface area contributed by atoms with E-state index in [4.69, 9.17) is 9.47 Å².